The number of carbonyl (C=O) groups is 1. The number of nitrogens with zero attached hydrogens (tertiary/aromatic N) is 3. The first-order valence-electron chi connectivity index (χ1n) is 8.85. The molecule has 29 heavy (non-hydrogen) atoms. The van der Waals surface area contributed by atoms with Gasteiger partial charge in [-0.1, -0.05) is 18.2 Å². The second-order valence-corrected chi connectivity index (χ2v) is 7.14. The normalized spacial score (nSPS) is 10.7. The maximum atomic E-state index is 12.8. The SMILES string of the molecule is COc1ccc(CNC(=O)c2nccnc2-c2nc3ccccc3s2)cc1OC. The Kier molecular flexibility index (Phi) is 5.35. The third-order valence-electron chi connectivity index (χ3n) is 4.31. The molecule has 0 bridgehead atoms. The summed E-state index contributed by atoms with van der Waals surface area (Å²) in [6.07, 6.45) is 3.06. The van der Waals surface area contributed by atoms with Crippen LogP contribution in [0.1, 0.15) is 16.1 Å². The van der Waals surface area contributed by atoms with Crippen LogP contribution < -0.4 is 14.8 Å². The minimum atomic E-state index is -0.317. The van der Waals surface area contributed by atoms with Crippen LogP contribution in [0, 0.1) is 0 Å². The highest BCUT2D eigenvalue weighted by atomic mass is 32.1. The van der Waals surface area contributed by atoms with Crippen molar-refractivity contribution in [2.45, 2.75) is 6.54 Å². The van der Waals surface area contributed by atoms with Crippen molar-refractivity contribution < 1.29 is 14.3 Å². The summed E-state index contributed by atoms with van der Waals surface area (Å²) in [5, 5.41) is 3.55. The lowest BCUT2D eigenvalue weighted by molar-refractivity contribution is 0.0946. The van der Waals surface area contributed by atoms with Crippen molar-refractivity contribution >= 4 is 27.5 Å². The predicted octanol–water partition coefficient (Wildman–Crippen LogP) is 3.70. The molecule has 0 aliphatic heterocycles. The smallest absolute Gasteiger partial charge is 0.272 e. The maximum absolute atomic E-state index is 12.8. The molecule has 2 heterocycles. The van der Waals surface area contributed by atoms with E-state index in [0.29, 0.717) is 28.7 Å². The number of benzene rings is 2. The number of aromatic nitrogens is 3. The van der Waals surface area contributed by atoms with E-state index >= 15 is 0 Å². The number of nitrogens with one attached hydrogen (secondary N) is 1. The van der Waals surface area contributed by atoms with Gasteiger partial charge < -0.3 is 14.8 Å². The maximum Gasteiger partial charge on any atom is 0.272 e. The quantitative estimate of drug-likeness (QED) is 0.525. The summed E-state index contributed by atoms with van der Waals surface area (Å²) in [5.74, 6) is 0.922. The fraction of sp³-hybridized carbons (Fsp3) is 0.143. The average Bonchev–Trinajstić information content (AvgIpc) is 3.21. The molecule has 0 fully saturated rings. The summed E-state index contributed by atoms with van der Waals surface area (Å²) in [5.41, 5.74) is 2.46. The van der Waals surface area contributed by atoms with Crippen molar-refractivity contribution in [1.82, 2.24) is 20.3 Å². The first-order chi connectivity index (χ1) is 14.2. The number of fused-ring (bicyclic) bond motifs is 1. The molecule has 146 valence electrons. The number of amides is 1. The second kappa shape index (κ2) is 8.24. The number of hydrogen-bond donors (Lipinski definition) is 1. The van der Waals surface area contributed by atoms with Gasteiger partial charge in [0, 0.05) is 18.9 Å². The molecule has 4 rings (SSSR count). The highest BCUT2D eigenvalue weighted by molar-refractivity contribution is 7.21. The van der Waals surface area contributed by atoms with E-state index in [1.54, 1.807) is 26.5 Å². The Balaban J connectivity index is 1.57. The van der Waals surface area contributed by atoms with E-state index in [0.717, 1.165) is 15.8 Å². The second-order valence-electron chi connectivity index (χ2n) is 6.11. The van der Waals surface area contributed by atoms with Crippen LogP contribution in [-0.4, -0.2) is 35.1 Å². The third-order valence-corrected chi connectivity index (χ3v) is 5.35. The predicted molar refractivity (Wildman–Crippen MR) is 111 cm³/mol. The summed E-state index contributed by atoms with van der Waals surface area (Å²) in [4.78, 5) is 26.0. The molecular weight excluding hydrogens is 388 g/mol. The molecule has 7 nitrogen and oxygen atoms in total. The Bertz CT molecular complexity index is 1140. The Morgan fingerprint density at radius 3 is 2.62 bits per heavy atom. The number of carbonyl (C=O) groups excluding carboxylic acids is 1. The molecule has 0 saturated heterocycles. The van der Waals surface area contributed by atoms with Crippen LogP contribution >= 0.6 is 11.3 Å². The van der Waals surface area contributed by atoms with Crippen molar-refractivity contribution in [2.75, 3.05) is 14.2 Å². The van der Waals surface area contributed by atoms with Gasteiger partial charge in [-0.25, -0.2) is 15.0 Å². The number of rotatable bonds is 6. The zero-order valence-electron chi connectivity index (χ0n) is 15.9. The molecule has 0 unspecified atom stereocenters. The van der Waals surface area contributed by atoms with Crippen LogP contribution in [0.15, 0.2) is 54.9 Å². The standard InChI is InChI=1S/C21H18N4O3S/c1-27-15-8-7-13(11-16(15)28-2)12-24-20(26)18-19(23-10-9-22-18)21-25-14-5-3-4-6-17(14)29-21/h3-11H,12H2,1-2H3,(H,24,26). The molecule has 4 aromatic rings. The van der Waals surface area contributed by atoms with E-state index < -0.39 is 0 Å². The Hall–Kier alpha value is -3.52. The van der Waals surface area contributed by atoms with Crippen molar-refractivity contribution in [3.8, 4) is 22.2 Å². The molecule has 1 N–H and O–H groups in total. The Morgan fingerprint density at radius 1 is 1.03 bits per heavy atom. The number of methoxy groups -OCH3 is 2. The van der Waals surface area contributed by atoms with Crippen LogP contribution in [0.2, 0.25) is 0 Å². The van der Waals surface area contributed by atoms with Crippen molar-refractivity contribution in [3.63, 3.8) is 0 Å². The van der Waals surface area contributed by atoms with Gasteiger partial charge in [-0.05, 0) is 29.8 Å². The van der Waals surface area contributed by atoms with Gasteiger partial charge in [0.1, 0.15) is 10.7 Å². The molecule has 1 amide bonds. The highest BCUT2D eigenvalue weighted by Crippen LogP contribution is 2.30. The summed E-state index contributed by atoms with van der Waals surface area (Å²) in [7, 11) is 3.15. The number of thiazole rings is 1. The lowest BCUT2D eigenvalue weighted by Gasteiger charge is -2.11. The molecule has 0 aliphatic carbocycles. The number of para-hydroxylation sites is 1. The molecule has 8 heteroatoms. The third kappa shape index (κ3) is 3.88. The van der Waals surface area contributed by atoms with Gasteiger partial charge in [-0.2, -0.15) is 0 Å². The molecule has 0 saturated carbocycles. The first kappa shape index (κ1) is 18.8. The largest absolute Gasteiger partial charge is 0.493 e. The topological polar surface area (TPSA) is 86.2 Å². The first-order valence-corrected chi connectivity index (χ1v) is 9.67. The average molecular weight is 406 g/mol. The van der Waals surface area contributed by atoms with Gasteiger partial charge in [0.05, 0.1) is 24.4 Å². The molecule has 0 atom stereocenters. The van der Waals surface area contributed by atoms with Gasteiger partial charge in [-0.15, -0.1) is 11.3 Å². The van der Waals surface area contributed by atoms with Crippen LogP contribution in [0.5, 0.6) is 11.5 Å². The van der Waals surface area contributed by atoms with Crippen LogP contribution in [0.4, 0.5) is 0 Å². The van der Waals surface area contributed by atoms with Crippen LogP contribution in [-0.2, 0) is 6.54 Å². The van der Waals surface area contributed by atoms with E-state index in [1.807, 2.05) is 36.4 Å². The van der Waals surface area contributed by atoms with Crippen LogP contribution in [0.25, 0.3) is 20.9 Å². The highest BCUT2D eigenvalue weighted by Gasteiger charge is 2.18. The fourth-order valence-corrected chi connectivity index (χ4v) is 3.85. The molecule has 0 radical (unpaired) electrons. The summed E-state index contributed by atoms with van der Waals surface area (Å²) >= 11 is 1.48. The lowest BCUT2D eigenvalue weighted by atomic mass is 10.2. The minimum absolute atomic E-state index is 0.243. The lowest BCUT2D eigenvalue weighted by Crippen LogP contribution is -2.24. The molecule has 0 aliphatic rings. The van der Waals surface area contributed by atoms with Crippen LogP contribution in [0.3, 0.4) is 0 Å². The van der Waals surface area contributed by atoms with Gasteiger partial charge in [-0.3, -0.25) is 4.79 Å². The molecule has 0 spiro atoms. The zero-order valence-corrected chi connectivity index (χ0v) is 16.7. The van der Waals surface area contributed by atoms with Gasteiger partial charge in [0.2, 0.25) is 0 Å². The fourth-order valence-electron chi connectivity index (χ4n) is 2.89. The van der Waals surface area contributed by atoms with Crippen molar-refractivity contribution in [3.05, 3.63) is 66.1 Å². The minimum Gasteiger partial charge on any atom is -0.493 e. The van der Waals surface area contributed by atoms with Gasteiger partial charge in [0.25, 0.3) is 5.91 Å². The van der Waals surface area contributed by atoms with Crippen molar-refractivity contribution in [1.29, 1.82) is 0 Å². The number of hydrogen-bond acceptors (Lipinski definition) is 7. The van der Waals surface area contributed by atoms with E-state index in [9.17, 15) is 4.79 Å². The van der Waals surface area contributed by atoms with Gasteiger partial charge >= 0.3 is 0 Å². The number of ether oxygens (including phenoxy) is 2. The van der Waals surface area contributed by atoms with E-state index in [-0.39, 0.29) is 11.6 Å². The summed E-state index contributed by atoms with van der Waals surface area (Å²) in [6.45, 7) is 0.315. The molecule has 2 aromatic carbocycles. The Labute approximate surface area is 171 Å². The van der Waals surface area contributed by atoms with E-state index in [4.69, 9.17) is 9.47 Å². The molecular formula is C21H18N4O3S. The summed E-state index contributed by atoms with van der Waals surface area (Å²) < 4.78 is 11.6. The Morgan fingerprint density at radius 2 is 1.83 bits per heavy atom. The van der Waals surface area contributed by atoms with E-state index in [2.05, 4.69) is 20.3 Å². The van der Waals surface area contributed by atoms with E-state index in [1.165, 1.54) is 17.5 Å². The zero-order chi connectivity index (χ0) is 20.2. The molecule has 2 aromatic heterocycles. The van der Waals surface area contributed by atoms with Gasteiger partial charge in [0.15, 0.2) is 17.2 Å². The monoisotopic (exact) mass is 406 g/mol. The van der Waals surface area contributed by atoms with Crippen molar-refractivity contribution in [2.24, 2.45) is 0 Å². The summed E-state index contributed by atoms with van der Waals surface area (Å²) in [6, 6.07) is 13.3.